The van der Waals surface area contributed by atoms with Gasteiger partial charge in [-0.1, -0.05) is 23.2 Å². The number of benzene rings is 1. The van der Waals surface area contributed by atoms with E-state index in [1.54, 1.807) is 20.8 Å². The Kier molecular flexibility index (Phi) is 9.78. The maximum Gasteiger partial charge on any atom is 0.422 e. The van der Waals surface area contributed by atoms with Gasteiger partial charge < -0.3 is 19.3 Å². The number of hydrogen-bond donors (Lipinski definition) is 0. The normalized spacial score (nSPS) is 20.6. The first-order chi connectivity index (χ1) is 22.8. The minimum atomic E-state index is -4.64. The molecule has 0 N–H and O–H groups in total. The number of pyridine rings is 1. The highest BCUT2D eigenvalue weighted by Gasteiger charge is 2.59. The van der Waals surface area contributed by atoms with Crippen molar-refractivity contribution in [1.82, 2.24) is 19.7 Å². The van der Waals surface area contributed by atoms with Crippen molar-refractivity contribution >= 4 is 50.9 Å². The van der Waals surface area contributed by atoms with E-state index in [1.807, 2.05) is 6.19 Å². The number of likely N-dealkylation sites (tertiary alicyclic amines) is 2. The number of carbonyl (C=O) groups is 3. The summed E-state index contributed by atoms with van der Waals surface area (Å²) in [5.41, 5.74) is -2.14. The van der Waals surface area contributed by atoms with Crippen molar-refractivity contribution in [3.05, 3.63) is 52.3 Å². The molecule has 18 heteroatoms. The Morgan fingerprint density at radius 2 is 1.80 bits per heavy atom. The molecule has 2 atom stereocenters. The zero-order valence-corrected chi connectivity index (χ0v) is 28.9. The summed E-state index contributed by atoms with van der Waals surface area (Å²) in [6.45, 7) is 2.51. The van der Waals surface area contributed by atoms with Crippen LogP contribution in [-0.2, 0) is 29.6 Å². The molecular formula is C31H32Cl2F3N5O7S. The van der Waals surface area contributed by atoms with Crippen molar-refractivity contribution in [2.45, 2.75) is 79.5 Å². The average Bonchev–Trinajstić information content (AvgIpc) is 3.70. The smallest absolute Gasteiger partial charge is 0.422 e. The summed E-state index contributed by atoms with van der Waals surface area (Å²) >= 11 is 12.3. The second kappa shape index (κ2) is 13.1. The molecule has 12 nitrogen and oxygen atoms in total. The van der Waals surface area contributed by atoms with E-state index in [2.05, 4.69) is 9.72 Å². The lowest BCUT2D eigenvalue weighted by molar-refractivity contribution is -0.153. The van der Waals surface area contributed by atoms with E-state index in [1.165, 1.54) is 23.2 Å². The van der Waals surface area contributed by atoms with Crippen molar-refractivity contribution in [2.24, 2.45) is 0 Å². The largest absolute Gasteiger partial charge is 0.484 e. The molecule has 0 spiro atoms. The molecule has 3 aliphatic rings. The van der Waals surface area contributed by atoms with Gasteiger partial charge in [0.25, 0.3) is 5.91 Å². The van der Waals surface area contributed by atoms with Gasteiger partial charge >= 0.3 is 12.3 Å². The van der Waals surface area contributed by atoms with Crippen LogP contribution in [-0.4, -0.2) is 101 Å². The van der Waals surface area contributed by atoms with Gasteiger partial charge in [-0.15, -0.1) is 0 Å². The summed E-state index contributed by atoms with van der Waals surface area (Å²) in [5.74, 6) is -1.78. The fraction of sp³-hybridized carbons (Fsp3) is 0.516. The lowest BCUT2D eigenvalue weighted by Crippen LogP contribution is -2.69. The fourth-order valence-corrected chi connectivity index (χ4v) is 8.18. The average molecular weight is 747 g/mol. The maximum atomic E-state index is 14.7. The van der Waals surface area contributed by atoms with Crippen LogP contribution >= 0.6 is 23.2 Å². The van der Waals surface area contributed by atoms with Crippen LogP contribution < -0.4 is 4.74 Å². The molecule has 49 heavy (non-hydrogen) atoms. The number of carbonyl (C=O) groups excluding carboxylic acids is 3. The highest BCUT2D eigenvalue weighted by atomic mass is 35.5. The van der Waals surface area contributed by atoms with Crippen LogP contribution in [0.5, 0.6) is 5.75 Å². The van der Waals surface area contributed by atoms with E-state index < -0.39 is 85.7 Å². The zero-order chi connectivity index (χ0) is 36.1. The molecule has 0 radical (unpaired) electrons. The summed E-state index contributed by atoms with van der Waals surface area (Å²) in [7, 11) is -4.42. The summed E-state index contributed by atoms with van der Waals surface area (Å²) < 4.78 is 76.1. The van der Waals surface area contributed by atoms with Gasteiger partial charge in [0.2, 0.25) is 5.91 Å². The summed E-state index contributed by atoms with van der Waals surface area (Å²) in [5, 5.41) is 8.27. The predicted molar refractivity (Wildman–Crippen MR) is 168 cm³/mol. The van der Waals surface area contributed by atoms with Gasteiger partial charge in [0, 0.05) is 37.9 Å². The monoisotopic (exact) mass is 745 g/mol. The lowest BCUT2D eigenvalue weighted by atomic mass is 9.75. The highest BCUT2D eigenvalue weighted by Crippen LogP contribution is 2.42. The van der Waals surface area contributed by atoms with Crippen molar-refractivity contribution in [1.29, 1.82) is 5.26 Å². The number of nitriles is 1. The molecule has 5 rings (SSSR count). The summed E-state index contributed by atoms with van der Waals surface area (Å²) in [6.07, 6.45) is -1.44. The first-order valence-electron chi connectivity index (χ1n) is 15.1. The first kappa shape index (κ1) is 36.5. The van der Waals surface area contributed by atoms with Crippen LogP contribution in [0.3, 0.4) is 0 Å². The molecule has 264 valence electrons. The van der Waals surface area contributed by atoms with Gasteiger partial charge in [-0.3, -0.25) is 14.6 Å². The Bertz CT molecular complexity index is 1790. The van der Waals surface area contributed by atoms with Gasteiger partial charge in [0.15, 0.2) is 22.6 Å². The Morgan fingerprint density at radius 3 is 2.33 bits per heavy atom. The second-order valence-electron chi connectivity index (χ2n) is 13.2. The standard InChI is InChI=1S/C31H32Cl2F3N5O7S/c1-29(2,3)48-28(44)39-14-30(15-39,25-9-4-18(32)12-38-25)27(43)40-13-21(11-23(40)26(42)41(17-37)19-5-6-19)49(45,46)24-8-7-20(10-22(24)33)47-16-31(34,35)36/h4,7-10,12,19,21,23H,5-6,11,13-16H2,1-3H3/t21-,23+/m1/s1. The maximum absolute atomic E-state index is 14.7. The van der Waals surface area contributed by atoms with E-state index in [4.69, 9.17) is 27.9 Å². The molecule has 1 aromatic carbocycles. The van der Waals surface area contributed by atoms with Crippen molar-refractivity contribution in [3.8, 4) is 11.9 Å². The minimum absolute atomic E-state index is 0.208. The summed E-state index contributed by atoms with van der Waals surface area (Å²) in [6, 6.07) is 4.19. The second-order valence-corrected chi connectivity index (χ2v) is 16.2. The number of alkyl halides is 3. The van der Waals surface area contributed by atoms with Crippen LogP contribution in [0.4, 0.5) is 18.0 Å². The third-order valence-corrected chi connectivity index (χ3v) is 11.2. The van der Waals surface area contributed by atoms with Crippen molar-refractivity contribution in [2.75, 3.05) is 26.2 Å². The van der Waals surface area contributed by atoms with E-state index in [-0.39, 0.29) is 35.6 Å². The SMILES string of the molecule is CC(C)(C)OC(=O)N1CC(C(=O)N2C[C@H](S(=O)(=O)c3ccc(OCC(F)(F)F)cc3Cl)C[C@H]2C(=O)N(C#N)C2CC2)(c2ccc(Cl)cn2)C1. The Labute approximate surface area is 290 Å². The molecule has 2 aromatic rings. The molecule has 2 saturated heterocycles. The van der Waals surface area contributed by atoms with Crippen LogP contribution in [0.15, 0.2) is 41.4 Å². The summed E-state index contributed by atoms with van der Waals surface area (Å²) in [4.78, 5) is 48.7. The number of amides is 3. The van der Waals surface area contributed by atoms with Crippen LogP contribution in [0.25, 0.3) is 0 Å². The Hall–Kier alpha value is -3.81. The van der Waals surface area contributed by atoms with E-state index in [9.17, 15) is 41.2 Å². The molecule has 3 fully saturated rings. The third-order valence-electron chi connectivity index (χ3n) is 8.32. The van der Waals surface area contributed by atoms with Crippen LogP contribution in [0.2, 0.25) is 10.0 Å². The van der Waals surface area contributed by atoms with Crippen LogP contribution in [0, 0.1) is 11.5 Å². The number of aromatic nitrogens is 1. The third kappa shape index (κ3) is 7.68. The highest BCUT2D eigenvalue weighted by molar-refractivity contribution is 7.92. The van der Waals surface area contributed by atoms with Gasteiger partial charge in [-0.2, -0.15) is 18.4 Å². The Morgan fingerprint density at radius 1 is 1.12 bits per heavy atom. The van der Waals surface area contributed by atoms with E-state index >= 15 is 0 Å². The van der Waals surface area contributed by atoms with Crippen molar-refractivity contribution in [3.63, 3.8) is 0 Å². The van der Waals surface area contributed by atoms with Gasteiger partial charge in [0.05, 0.1) is 25.9 Å². The number of halogens is 5. The fourth-order valence-electron chi connectivity index (χ4n) is 5.83. The molecule has 1 aromatic heterocycles. The molecule has 0 bridgehead atoms. The Balaban J connectivity index is 1.49. The number of hydrogen-bond acceptors (Lipinski definition) is 9. The molecule has 2 aliphatic heterocycles. The molecule has 0 unspecified atom stereocenters. The molecular weight excluding hydrogens is 714 g/mol. The lowest BCUT2D eigenvalue weighted by Gasteiger charge is -2.50. The van der Waals surface area contributed by atoms with Crippen molar-refractivity contribution < 1.29 is 45.4 Å². The number of sulfone groups is 1. The molecule has 3 heterocycles. The quantitative estimate of drug-likeness (QED) is 0.276. The topological polar surface area (TPSA) is 150 Å². The predicted octanol–water partition coefficient (Wildman–Crippen LogP) is 4.73. The van der Waals surface area contributed by atoms with E-state index in [0.29, 0.717) is 12.8 Å². The zero-order valence-electron chi connectivity index (χ0n) is 26.5. The minimum Gasteiger partial charge on any atom is -0.484 e. The van der Waals surface area contributed by atoms with Gasteiger partial charge in [-0.05, 0) is 64.3 Å². The first-order valence-corrected chi connectivity index (χ1v) is 17.4. The number of nitrogens with zero attached hydrogens (tertiary/aromatic N) is 5. The molecule has 1 aliphatic carbocycles. The molecule has 3 amide bonds. The number of rotatable bonds is 8. The number of ether oxygens (including phenoxy) is 2. The molecule has 1 saturated carbocycles. The van der Waals surface area contributed by atoms with E-state index in [0.717, 1.165) is 28.0 Å². The van der Waals surface area contributed by atoms with Gasteiger partial charge in [-0.25, -0.2) is 18.1 Å². The van der Waals surface area contributed by atoms with Crippen LogP contribution in [0.1, 0.15) is 45.7 Å². The van der Waals surface area contributed by atoms with Gasteiger partial charge in [0.1, 0.15) is 22.8 Å².